The maximum atomic E-state index is 13.1. The minimum Gasteiger partial charge on any atom is -0.494 e. The lowest BCUT2D eigenvalue weighted by Gasteiger charge is -2.21. The van der Waals surface area contributed by atoms with Crippen molar-refractivity contribution in [3.8, 4) is 16.9 Å². The Labute approximate surface area is 201 Å². The summed E-state index contributed by atoms with van der Waals surface area (Å²) in [6.07, 6.45) is 9.92. The highest BCUT2D eigenvalue weighted by Crippen LogP contribution is 2.31. The number of amides is 1. The van der Waals surface area contributed by atoms with Gasteiger partial charge in [-0.1, -0.05) is 56.4 Å². The van der Waals surface area contributed by atoms with E-state index in [9.17, 15) is 14.7 Å². The Morgan fingerprint density at radius 2 is 1.88 bits per heavy atom. The maximum absolute atomic E-state index is 13.1. The number of aliphatic carboxylic acids is 1. The van der Waals surface area contributed by atoms with Crippen molar-refractivity contribution < 1.29 is 19.4 Å². The fraction of sp³-hybridized carbons (Fsp3) is 0.481. The molecule has 2 aromatic carbocycles. The molecule has 1 fully saturated rings. The number of hydrogen-bond acceptors (Lipinski definition) is 4. The summed E-state index contributed by atoms with van der Waals surface area (Å²) in [5.74, 6) is 0.745. The molecule has 0 bridgehead atoms. The molecule has 0 aliphatic heterocycles. The van der Waals surface area contributed by atoms with Crippen LogP contribution in [-0.2, 0) is 4.79 Å². The summed E-state index contributed by atoms with van der Waals surface area (Å²) in [7, 11) is 0. The molecule has 1 amide bonds. The fourth-order valence-electron chi connectivity index (χ4n) is 4.46. The molecule has 5 nitrogen and oxygen atoms in total. The molecule has 0 radical (unpaired) electrons. The molecule has 3 rings (SSSR count). The zero-order chi connectivity index (χ0) is 23.6. The molecule has 2 N–H and O–H groups in total. The molecule has 1 saturated carbocycles. The largest absolute Gasteiger partial charge is 0.494 e. The second-order valence-electron chi connectivity index (χ2n) is 8.81. The van der Waals surface area contributed by atoms with Crippen LogP contribution in [0.4, 0.5) is 0 Å². The van der Waals surface area contributed by atoms with Crippen LogP contribution < -0.4 is 10.1 Å². The Morgan fingerprint density at radius 1 is 1.12 bits per heavy atom. The first-order valence-electron chi connectivity index (χ1n) is 11.8. The number of carbonyl (C=O) groups excluding carboxylic acids is 1. The molecule has 0 aromatic heterocycles. The number of ether oxygens (including phenoxy) is 1. The predicted molar refractivity (Wildman–Crippen MR) is 135 cm³/mol. The van der Waals surface area contributed by atoms with E-state index in [0.29, 0.717) is 24.3 Å². The average Bonchev–Trinajstić information content (AvgIpc) is 2.82. The van der Waals surface area contributed by atoms with E-state index in [0.717, 1.165) is 34.8 Å². The number of nitrogens with one attached hydrogen (secondary N) is 1. The van der Waals surface area contributed by atoms with E-state index < -0.39 is 12.0 Å². The van der Waals surface area contributed by atoms with Crippen molar-refractivity contribution >= 4 is 23.6 Å². The number of hydrogen-bond donors (Lipinski definition) is 2. The second kappa shape index (κ2) is 12.7. The van der Waals surface area contributed by atoms with E-state index in [-0.39, 0.29) is 5.91 Å². The van der Waals surface area contributed by atoms with Gasteiger partial charge in [0.05, 0.1) is 6.61 Å². The Bertz CT molecular complexity index is 939. The van der Waals surface area contributed by atoms with Crippen LogP contribution in [0, 0.1) is 12.8 Å². The summed E-state index contributed by atoms with van der Waals surface area (Å²) in [5, 5.41) is 12.2. The third-order valence-electron chi connectivity index (χ3n) is 6.40. The van der Waals surface area contributed by atoms with E-state index in [2.05, 4.69) is 5.32 Å². The zero-order valence-corrected chi connectivity index (χ0v) is 20.5. The molecular weight excluding hydrogens is 434 g/mol. The van der Waals surface area contributed by atoms with Gasteiger partial charge in [0.2, 0.25) is 0 Å². The fourth-order valence-corrected chi connectivity index (χ4v) is 4.93. The van der Waals surface area contributed by atoms with Gasteiger partial charge in [-0.25, -0.2) is 4.79 Å². The number of thioether (sulfide) groups is 1. The van der Waals surface area contributed by atoms with E-state index in [4.69, 9.17) is 4.74 Å². The molecular formula is C27H35NO4S. The normalized spacial score (nSPS) is 15.1. The summed E-state index contributed by atoms with van der Waals surface area (Å²) in [6, 6.07) is 12.5. The van der Waals surface area contributed by atoms with Gasteiger partial charge in [-0.3, -0.25) is 4.79 Å². The first-order chi connectivity index (χ1) is 16.0. The lowest BCUT2D eigenvalue weighted by molar-refractivity contribution is -0.139. The highest BCUT2D eigenvalue weighted by atomic mass is 32.2. The first-order valence-corrected chi connectivity index (χ1v) is 13.2. The van der Waals surface area contributed by atoms with Crippen molar-refractivity contribution in [2.24, 2.45) is 5.92 Å². The standard InChI is InChI=1S/C27H35NO4S/c1-19-8-6-7-11-22(19)24-18-21(32-16-14-20-9-4-3-5-10-20)12-13-23(24)26(29)28-25(27(30)31)15-17-33-2/h6-8,11-13,18,20,25H,3-5,9-10,14-17H2,1-2H3,(H,28,29)(H,30,31). The van der Waals surface area contributed by atoms with Crippen molar-refractivity contribution in [2.45, 2.75) is 57.9 Å². The van der Waals surface area contributed by atoms with Gasteiger partial charge in [0.25, 0.3) is 5.91 Å². The zero-order valence-electron chi connectivity index (χ0n) is 19.6. The number of aryl methyl sites for hydroxylation is 1. The molecule has 1 atom stereocenters. The highest BCUT2D eigenvalue weighted by Gasteiger charge is 2.23. The Morgan fingerprint density at radius 3 is 2.58 bits per heavy atom. The lowest BCUT2D eigenvalue weighted by atomic mass is 9.87. The van der Waals surface area contributed by atoms with Crippen molar-refractivity contribution in [2.75, 3.05) is 18.6 Å². The Hall–Kier alpha value is -2.47. The summed E-state index contributed by atoms with van der Waals surface area (Å²) in [5.41, 5.74) is 3.20. The van der Waals surface area contributed by atoms with E-state index in [1.807, 2.05) is 49.6 Å². The Kier molecular flexibility index (Phi) is 9.67. The summed E-state index contributed by atoms with van der Waals surface area (Å²) < 4.78 is 6.09. The van der Waals surface area contributed by atoms with Gasteiger partial charge in [-0.15, -0.1) is 0 Å². The maximum Gasteiger partial charge on any atom is 0.326 e. The number of rotatable bonds is 11. The molecule has 0 spiro atoms. The van der Waals surface area contributed by atoms with Crippen molar-refractivity contribution in [1.82, 2.24) is 5.32 Å². The molecule has 1 unspecified atom stereocenters. The molecule has 2 aromatic rings. The molecule has 1 aliphatic carbocycles. The minimum absolute atomic E-state index is 0.379. The van der Waals surface area contributed by atoms with Gasteiger partial charge in [0, 0.05) is 5.56 Å². The lowest BCUT2D eigenvalue weighted by Crippen LogP contribution is -2.41. The predicted octanol–water partition coefficient (Wildman–Crippen LogP) is 5.95. The van der Waals surface area contributed by atoms with Crippen molar-refractivity contribution in [1.29, 1.82) is 0 Å². The molecule has 0 saturated heterocycles. The van der Waals surface area contributed by atoms with Gasteiger partial charge in [0.1, 0.15) is 11.8 Å². The van der Waals surface area contributed by atoms with Crippen LogP contribution in [0.25, 0.3) is 11.1 Å². The van der Waals surface area contributed by atoms with Gasteiger partial charge >= 0.3 is 5.97 Å². The summed E-state index contributed by atoms with van der Waals surface area (Å²) in [6.45, 7) is 2.67. The average molecular weight is 470 g/mol. The minimum atomic E-state index is -1.02. The first kappa shape index (κ1) is 25.2. The number of carboxylic acids is 1. The Balaban J connectivity index is 1.80. The van der Waals surface area contributed by atoms with Crippen LogP contribution >= 0.6 is 11.8 Å². The number of carbonyl (C=O) groups is 2. The van der Waals surface area contributed by atoms with Gasteiger partial charge in [-0.05, 0) is 72.6 Å². The smallest absolute Gasteiger partial charge is 0.326 e. The van der Waals surface area contributed by atoms with Crippen LogP contribution in [-0.4, -0.2) is 41.6 Å². The third kappa shape index (κ3) is 7.26. The van der Waals surface area contributed by atoms with E-state index in [1.54, 1.807) is 17.8 Å². The SMILES string of the molecule is CSCCC(NC(=O)c1ccc(OCCC2CCCCC2)cc1-c1ccccc1C)C(=O)O. The van der Waals surface area contributed by atoms with Crippen LogP contribution in [0.1, 0.15) is 60.9 Å². The van der Waals surface area contributed by atoms with Gasteiger partial charge < -0.3 is 15.2 Å². The third-order valence-corrected chi connectivity index (χ3v) is 7.05. The molecule has 6 heteroatoms. The topological polar surface area (TPSA) is 75.6 Å². The molecule has 1 aliphatic rings. The van der Waals surface area contributed by atoms with Crippen molar-refractivity contribution in [3.63, 3.8) is 0 Å². The van der Waals surface area contributed by atoms with Crippen LogP contribution in [0.15, 0.2) is 42.5 Å². The van der Waals surface area contributed by atoms with Crippen LogP contribution in [0.3, 0.4) is 0 Å². The van der Waals surface area contributed by atoms with Crippen LogP contribution in [0.2, 0.25) is 0 Å². The molecule has 33 heavy (non-hydrogen) atoms. The van der Waals surface area contributed by atoms with Crippen LogP contribution in [0.5, 0.6) is 5.75 Å². The summed E-state index contributed by atoms with van der Waals surface area (Å²) in [4.78, 5) is 24.8. The van der Waals surface area contributed by atoms with Crippen molar-refractivity contribution in [3.05, 3.63) is 53.6 Å². The van der Waals surface area contributed by atoms with E-state index >= 15 is 0 Å². The molecule has 0 heterocycles. The van der Waals surface area contributed by atoms with Gasteiger partial charge in [-0.2, -0.15) is 11.8 Å². The second-order valence-corrected chi connectivity index (χ2v) is 9.79. The summed E-state index contributed by atoms with van der Waals surface area (Å²) >= 11 is 1.56. The number of carboxylic acid groups (broad SMARTS) is 1. The quantitative estimate of drug-likeness (QED) is 0.425. The highest BCUT2D eigenvalue weighted by molar-refractivity contribution is 7.98. The van der Waals surface area contributed by atoms with E-state index in [1.165, 1.54) is 32.1 Å². The molecule has 178 valence electrons. The van der Waals surface area contributed by atoms with Gasteiger partial charge in [0.15, 0.2) is 0 Å². The number of benzene rings is 2. The monoisotopic (exact) mass is 469 g/mol.